The summed E-state index contributed by atoms with van der Waals surface area (Å²) in [6.07, 6.45) is 4.29. The molecule has 0 spiro atoms. The molecule has 20 heavy (non-hydrogen) atoms. The Morgan fingerprint density at radius 3 is 2.35 bits per heavy atom. The first-order valence-electron chi connectivity index (χ1n) is 7.90. The van der Waals surface area contributed by atoms with Crippen molar-refractivity contribution < 1.29 is 9.59 Å². The second kappa shape index (κ2) is 7.07. The first kappa shape index (κ1) is 15.3. The summed E-state index contributed by atoms with van der Waals surface area (Å²) in [5.74, 6) is 0.716. The normalized spacial score (nSPS) is 22.2. The molecule has 1 unspecified atom stereocenters. The molecule has 5 heteroatoms. The van der Waals surface area contributed by atoms with Crippen LogP contribution in [0.2, 0.25) is 0 Å². The van der Waals surface area contributed by atoms with E-state index >= 15 is 0 Å². The van der Waals surface area contributed by atoms with Crippen molar-refractivity contribution in [3.63, 3.8) is 0 Å². The van der Waals surface area contributed by atoms with Crippen LogP contribution in [-0.4, -0.2) is 60.4 Å². The molecule has 0 aromatic carbocycles. The van der Waals surface area contributed by atoms with Gasteiger partial charge in [0.2, 0.25) is 11.8 Å². The van der Waals surface area contributed by atoms with Crippen molar-refractivity contribution in [3.8, 4) is 0 Å². The maximum atomic E-state index is 12.1. The second-order valence-corrected chi connectivity index (χ2v) is 6.11. The largest absolute Gasteiger partial charge is 0.353 e. The van der Waals surface area contributed by atoms with Gasteiger partial charge in [0.25, 0.3) is 0 Å². The van der Waals surface area contributed by atoms with Crippen LogP contribution in [0.15, 0.2) is 0 Å². The molecule has 1 heterocycles. The van der Waals surface area contributed by atoms with E-state index in [4.69, 9.17) is 0 Å². The first-order chi connectivity index (χ1) is 9.60. The van der Waals surface area contributed by atoms with Gasteiger partial charge in [-0.25, -0.2) is 0 Å². The van der Waals surface area contributed by atoms with Crippen LogP contribution in [0, 0.1) is 5.92 Å². The minimum Gasteiger partial charge on any atom is -0.353 e. The number of nitrogens with zero attached hydrogens (tertiary/aromatic N) is 2. The lowest BCUT2D eigenvalue weighted by molar-refractivity contribution is -0.140. The molecule has 2 rings (SSSR count). The van der Waals surface area contributed by atoms with Gasteiger partial charge in [0.15, 0.2) is 0 Å². The van der Waals surface area contributed by atoms with Crippen molar-refractivity contribution >= 4 is 11.8 Å². The second-order valence-electron chi connectivity index (χ2n) is 6.11. The lowest BCUT2D eigenvalue weighted by atomic mass is 9.84. The van der Waals surface area contributed by atoms with E-state index in [1.807, 2.05) is 11.8 Å². The van der Waals surface area contributed by atoms with Crippen molar-refractivity contribution in [3.05, 3.63) is 0 Å². The molecule has 0 aromatic heterocycles. The highest BCUT2D eigenvalue weighted by molar-refractivity contribution is 5.80. The van der Waals surface area contributed by atoms with E-state index in [1.54, 1.807) is 0 Å². The number of carbonyl (C=O) groups excluding carboxylic acids is 2. The Hall–Kier alpha value is -1.10. The Bertz CT molecular complexity index is 347. The minimum atomic E-state index is 0.0955. The summed E-state index contributed by atoms with van der Waals surface area (Å²) >= 11 is 0. The van der Waals surface area contributed by atoms with Crippen LogP contribution in [0.4, 0.5) is 0 Å². The molecule has 1 aliphatic heterocycles. The quantitative estimate of drug-likeness (QED) is 0.812. The third-order valence-corrected chi connectivity index (χ3v) is 4.53. The Morgan fingerprint density at radius 2 is 1.85 bits per heavy atom. The Kier molecular flexibility index (Phi) is 5.40. The van der Waals surface area contributed by atoms with E-state index in [2.05, 4.69) is 17.1 Å². The van der Waals surface area contributed by atoms with Crippen molar-refractivity contribution in [2.24, 2.45) is 5.92 Å². The van der Waals surface area contributed by atoms with E-state index in [0.717, 1.165) is 45.4 Å². The molecular formula is C15H27N3O2. The molecule has 0 radical (unpaired) electrons. The molecule has 0 bridgehead atoms. The standard InChI is InChI=1S/C15H27N3O2/c1-3-12(2)16-14(19)11-17-7-9-18(10-8-17)15(20)13-5-4-6-13/h12-13H,3-11H2,1-2H3,(H,16,19). The Balaban J connectivity index is 1.68. The monoisotopic (exact) mass is 281 g/mol. The number of amides is 2. The molecule has 5 nitrogen and oxygen atoms in total. The molecule has 1 saturated carbocycles. The lowest BCUT2D eigenvalue weighted by Crippen LogP contribution is -2.53. The van der Waals surface area contributed by atoms with Gasteiger partial charge in [-0.15, -0.1) is 0 Å². The first-order valence-corrected chi connectivity index (χ1v) is 7.90. The minimum absolute atomic E-state index is 0.0955. The highest BCUT2D eigenvalue weighted by Crippen LogP contribution is 2.28. The smallest absolute Gasteiger partial charge is 0.234 e. The van der Waals surface area contributed by atoms with Gasteiger partial charge in [-0.05, 0) is 26.2 Å². The van der Waals surface area contributed by atoms with Crippen molar-refractivity contribution in [1.82, 2.24) is 15.1 Å². The number of piperazine rings is 1. The number of hydrogen-bond donors (Lipinski definition) is 1. The van der Waals surface area contributed by atoms with Crippen LogP contribution >= 0.6 is 0 Å². The lowest BCUT2D eigenvalue weighted by Gasteiger charge is -2.38. The van der Waals surface area contributed by atoms with Crippen molar-refractivity contribution in [2.75, 3.05) is 32.7 Å². The van der Waals surface area contributed by atoms with Crippen LogP contribution in [0.25, 0.3) is 0 Å². The summed E-state index contributed by atoms with van der Waals surface area (Å²) in [7, 11) is 0. The molecule has 2 amide bonds. The zero-order valence-electron chi connectivity index (χ0n) is 12.7. The van der Waals surface area contributed by atoms with Crippen LogP contribution in [0.3, 0.4) is 0 Å². The van der Waals surface area contributed by atoms with Gasteiger partial charge in [0.05, 0.1) is 6.54 Å². The third kappa shape index (κ3) is 3.95. The van der Waals surface area contributed by atoms with Crippen LogP contribution in [0.1, 0.15) is 39.5 Å². The van der Waals surface area contributed by atoms with Crippen LogP contribution in [0.5, 0.6) is 0 Å². The maximum absolute atomic E-state index is 12.1. The fourth-order valence-electron chi connectivity index (χ4n) is 2.67. The van der Waals surface area contributed by atoms with Crippen molar-refractivity contribution in [2.45, 2.75) is 45.6 Å². The van der Waals surface area contributed by atoms with Gasteiger partial charge in [-0.1, -0.05) is 13.3 Å². The Labute approximate surface area is 121 Å². The Morgan fingerprint density at radius 1 is 1.20 bits per heavy atom. The molecule has 1 atom stereocenters. The molecule has 1 saturated heterocycles. The maximum Gasteiger partial charge on any atom is 0.234 e. The summed E-state index contributed by atoms with van der Waals surface area (Å²) in [6, 6.07) is 0.240. The van der Waals surface area contributed by atoms with Gasteiger partial charge >= 0.3 is 0 Å². The van der Waals surface area contributed by atoms with Gasteiger partial charge < -0.3 is 10.2 Å². The van der Waals surface area contributed by atoms with E-state index in [-0.39, 0.29) is 17.9 Å². The number of hydrogen-bond acceptors (Lipinski definition) is 3. The fraction of sp³-hybridized carbons (Fsp3) is 0.867. The number of nitrogens with one attached hydrogen (secondary N) is 1. The average Bonchev–Trinajstić information content (AvgIpc) is 2.37. The van der Waals surface area contributed by atoms with Crippen LogP contribution < -0.4 is 5.32 Å². The zero-order valence-corrected chi connectivity index (χ0v) is 12.7. The van der Waals surface area contributed by atoms with E-state index < -0.39 is 0 Å². The zero-order chi connectivity index (χ0) is 14.5. The summed E-state index contributed by atoms with van der Waals surface area (Å²) in [4.78, 5) is 28.1. The van der Waals surface area contributed by atoms with Crippen molar-refractivity contribution in [1.29, 1.82) is 0 Å². The molecule has 114 valence electrons. The topological polar surface area (TPSA) is 52.7 Å². The van der Waals surface area contributed by atoms with E-state index in [1.165, 1.54) is 6.42 Å². The molecule has 2 fully saturated rings. The van der Waals surface area contributed by atoms with Gasteiger partial charge in [0, 0.05) is 38.1 Å². The molecular weight excluding hydrogens is 254 g/mol. The molecule has 0 aromatic rings. The number of rotatable bonds is 5. The van der Waals surface area contributed by atoms with Gasteiger partial charge in [-0.2, -0.15) is 0 Å². The summed E-state index contributed by atoms with van der Waals surface area (Å²) < 4.78 is 0. The molecule has 1 N–H and O–H groups in total. The predicted molar refractivity (Wildman–Crippen MR) is 78.3 cm³/mol. The van der Waals surface area contributed by atoms with Crippen LogP contribution in [-0.2, 0) is 9.59 Å². The molecule has 2 aliphatic rings. The van der Waals surface area contributed by atoms with E-state index in [9.17, 15) is 9.59 Å². The summed E-state index contributed by atoms with van der Waals surface area (Å²) in [5, 5.41) is 2.99. The highest BCUT2D eigenvalue weighted by Gasteiger charge is 2.31. The van der Waals surface area contributed by atoms with E-state index in [0.29, 0.717) is 12.5 Å². The average molecular weight is 281 g/mol. The van der Waals surface area contributed by atoms with Gasteiger partial charge in [-0.3, -0.25) is 14.5 Å². The highest BCUT2D eigenvalue weighted by atomic mass is 16.2. The predicted octanol–water partition coefficient (Wildman–Crippen LogP) is 0.845. The SMILES string of the molecule is CCC(C)NC(=O)CN1CCN(C(=O)C2CCC2)CC1. The summed E-state index contributed by atoms with van der Waals surface area (Å²) in [6.45, 7) is 7.70. The number of carbonyl (C=O) groups is 2. The molecule has 1 aliphatic carbocycles. The fourth-order valence-corrected chi connectivity index (χ4v) is 2.67. The van der Waals surface area contributed by atoms with Gasteiger partial charge in [0.1, 0.15) is 0 Å². The third-order valence-electron chi connectivity index (χ3n) is 4.53. The summed E-state index contributed by atoms with van der Waals surface area (Å²) in [5.41, 5.74) is 0.